The third-order valence-electron chi connectivity index (χ3n) is 10.9. The second kappa shape index (κ2) is 39.1. The van der Waals surface area contributed by atoms with Crippen LogP contribution in [0.5, 0.6) is 0 Å². The Hall–Kier alpha value is -1.59. The molecule has 2 unspecified atom stereocenters. The molecule has 0 saturated heterocycles. The minimum Gasteiger partial charge on any atom is -0.462 e. The smallest absolute Gasteiger partial charge is 0.306 e. The molecule has 0 bridgehead atoms. The first-order chi connectivity index (χ1) is 25.3. The molecule has 0 spiro atoms. The van der Waals surface area contributed by atoms with Crippen LogP contribution in [-0.4, -0.2) is 37.2 Å². The van der Waals surface area contributed by atoms with Crippen molar-refractivity contribution >= 4 is 17.9 Å². The first kappa shape index (κ1) is 50.4. The topological polar surface area (TPSA) is 78.9 Å². The van der Waals surface area contributed by atoms with Gasteiger partial charge < -0.3 is 14.2 Å². The van der Waals surface area contributed by atoms with Gasteiger partial charge >= 0.3 is 17.9 Å². The second-order valence-corrected chi connectivity index (χ2v) is 16.2. The van der Waals surface area contributed by atoms with Gasteiger partial charge in [-0.1, -0.05) is 208 Å². The summed E-state index contributed by atoms with van der Waals surface area (Å²) in [5.41, 5.74) is 0. The number of esters is 3. The molecule has 0 aliphatic heterocycles. The summed E-state index contributed by atoms with van der Waals surface area (Å²) < 4.78 is 16.7. The Morgan fingerprint density at radius 3 is 1.00 bits per heavy atom. The van der Waals surface area contributed by atoms with Crippen LogP contribution in [0.15, 0.2) is 0 Å². The molecular formula is C46H88O6. The number of carbonyl (C=O) groups is 3. The maximum atomic E-state index is 12.7. The van der Waals surface area contributed by atoms with Crippen molar-refractivity contribution in [2.45, 2.75) is 253 Å². The van der Waals surface area contributed by atoms with Gasteiger partial charge in [0, 0.05) is 19.3 Å². The van der Waals surface area contributed by atoms with Crippen LogP contribution in [-0.2, 0) is 28.6 Å². The normalized spacial score (nSPS) is 13.1. The third-order valence-corrected chi connectivity index (χ3v) is 10.9. The Morgan fingerprint density at radius 1 is 0.385 bits per heavy atom. The molecule has 0 amide bonds. The van der Waals surface area contributed by atoms with Crippen molar-refractivity contribution in [1.29, 1.82) is 0 Å². The van der Waals surface area contributed by atoms with Crippen LogP contribution >= 0.6 is 0 Å². The van der Waals surface area contributed by atoms with Gasteiger partial charge in [0.15, 0.2) is 6.10 Å². The van der Waals surface area contributed by atoms with Crippen molar-refractivity contribution in [3.63, 3.8) is 0 Å². The molecule has 52 heavy (non-hydrogen) atoms. The molecule has 0 radical (unpaired) electrons. The van der Waals surface area contributed by atoms with Crippen LogP contribution in [0.4, 0.5) is 0 Å². The molecule has 6 nitrogen and oxygen atoms in total. The van der Waals surface area contributed by atoms with E-state index in [4.69, 9.17) is 14.2 Å². The molecule has 0 rings (SSSR count). The minimum atomic E-state index is -0.761. The van der Waals surface area contributed by atoms with E-state index in [9.17, 15) is 14.4 Å². The molecule has 0 aliphatic rings. The predicted molar refractivity (Wildman–Crippen MR) is 220 cm³/mol. The molecule has 3 atom stereocenters. The highest BCUT2D eigenvalue weighted by Crippen LogP contribution is 2.17. The van der Waals surface area contributed by atoms with E-state index < -0.39 is 6.10 Å². The van der Waals surface area contributed by atoms with E-state index in [2.05, 4.69) is 34.6 Å². The maximum absolute atomic E-state index is 12.7. The highest BCUT2D eigenvalue weighted by atomic mass is 16.6. The SMILES string of the molecule is CCCCCCCCCCCCCCC(=O)OC[C@H](COC(=O)CCCCCCCCC(C)CC)OC(=O)CCCCCCCCCCC(C)CC. The second-order valence-electron chi connectivity index (χ2n) is 16.2. The molecule has 0 heterocycles. The summed E-state index contributed by atoms with van der Waals surface area (Å²) >= 11 is 0. The third kappa shape index (κ3) is 36.8. The minimum absolute atomic E-state index is 0.0657. The Balaban J connectivity index is 4.36. The monoisotopic (exact) mass is 737 g/mol. The Morgan fingerprint density at radius 2 is 0.673 bits per heavy atom. The lowest BCUT2D eigenvalue weighted by atomic mass is 9.99. The molecule has 0 aliphatic carbocycles. The molecule has 0 N–H and O–H groups in total. The van der Waals surface area contributed by atoms with Crippen LogP contribution < -0.4 is 0 Å². The highest BCUT2D eigenvalue weighted by Gasteiger charge is 2.19. The lowest BCUT2D eigenvalue weighted by Crippen LogP contribution is -2.30. The van der Waals surface area contributed by atoms with E-state index in [1.807, 2.05) is 0 Å². The summed E-state index contributed by atoms with van der Waals surface area (Å²) in [5.74, 6) is 0.797. The number of hydrogen-bond acceptors (Lipinski definition) is 6. The Labute approximate surface area is 323 Å². The van der Waals surface area contributed by atoms with E-state index in [0.29, 0.717) is 19.3 Å². The van der Waals surface area contributed by atoms with Crippen molar-refractivity contribution in [2.24, 2.45) is 11.8 Å². The quantitative estimate of drug-likeness (QED) is 0.0354. The van der Waals surface area contributed by atoms with E-state index in [0.717, 1.165) is 69.6 Å². The lowest BCUT2D eigenvalue weighted by Gasteiger charge is -2.18. The first-order valence-electron chi connectivity index (χ1n) is 22.8. The van der Waals surface area contributed by atoms with Gasteiger partial charge in [0.2, 0.25) is 0 Å². The van der Waals surface area contributed by atoms with Crippen LogP contribution in [0, 0.1) is 11.8 Å². The zero-order chi connectivity index (χ0) is 38.3. The molecule has 0 aromatic heterocycles. The summed E-state index contributed by atoms with van der Waals surface area (Å²) in [6, 6.07) is 0. The van der Waals surface area contributed by atoms with Crippen LogP contribution in [0.2, 0.25) is 0 Å². The summed E-state index contributed by atoms with van der Waals surface area (Å²) in [6.45, 7) is 11.3. The molecule has 0 aromatic carbocycles. The van der Waals surface area contributed by atoms with Gasteiger partial charge in [-0.2, -0.15) is 0 Å². The van der Waals surface area contributed by atoms with Gasteiger partial charge in [-0.15, -0.1) is 0 Å². The van der Waals surface area contributed by atoms with Gasteiger partial charge in [0.25, 0.3) is 0 Å². The van der Waals surface area contributed by atoms with Crippen molar-refractivity contribution in [3.8, 4) is 0 Å². The lowest BCUT2D eigenvalue weighted by molar-refractivity contribution is -0.167. The van der Waals surface area contributed by atoms with Crippen LogP contribution in [0.3, 0.4) is 0 Å². The standard InChI is InChI=1S/C46H88O6/c1-6-9-10-11-12-13-14-15-16-20-26-31-36-44(47)50-39-43(40-51-45(48)37-32-27-23-22-25-30-35-42(5)8-3)52-46(49)38-33-28-21-18-17-19-24-29-34-41(4)7-2/h41-43H,6-40H2,1-5H3/t41?,42?,43-/m1/s1. The number of unbranched alkanes of at least 4 members (excludes halogenated alkanes) is 23. The molecule has 308 valence electrons. The van der Waals surface area contributed by atoms with Crippen molar-refractivity contribution in [1.82, 2.24) is 0 Å². The van der Waals surface area contributed by atoms with Crippen molar-refractivity contribution in [2.75, 3.05) is 13.2 Å². The van der Waals surface area contributed by atoms with Gasteiger partial charge in [0.1, 0.15) is 13.2 Å². The summed E-state index contributed by atoms with van der Waals surface area (Å²) in [4.78, 5) is 37.7. The summed E-state index contributed by atoms with van der Waals surface area (Å²) in [5, 5.41) is 0. The van der Waals surface area contributed by atoms with E-state index in [1.165, 1.54) is 135 Å². The number of rotatable bonds is 40. The Kier molecular flexibility index (Phi) is 37.9. The average Bonchev–Trinajstić information content (AvgIpc) is 3.14. The van der Waals surface area contributed by atoms with Gasteiger partial charge in [-0.3, -0.25) is 14.4 Å². The summed E-state index contributed by atoms with van der Waals surface area (Å²) in [6.07, 6.45) is 36.5. The number of carbonyl (C=O) groups excluding carboxylic acids is 3. The van der Waals surface area contributed by atoms with Gasteiger partial charge in [0.05, 0.1) is 0 Å². The molecule has 0 fully saturated rings. The number of hydrogen-bond donors (Lipinski definition) is 0. The Bertz CT molecular complexity index is 798. The van der Waals surface area contributed by atoms with Crippen molar-refractivity contribution < 1.29 is 28.6 Å². The fourth-order valence-electron chi connectivity index (χ4n) is 6.69. The number of ether oxygens (including phenoxy) is 3. The maximum Gasteiger partial charge on any atom is 0.306 e. The van der Waals surface area contributed by atoms with Crippen molar-refractivity contribution in [3.05, 3.63) is 0 Å². The summed E-state index contributed by atoms with van der Waals surface area (Å²) in [7, 11) is 0. The molecule has 6 heteroatoms. The van der Waals surface area contributed by atoms with Crippen LogP contribution in [0.1, 0.15) is 247 Å². The van der Waals surface area contributed by atoms with Crippen LogP contribution in [0.25, 0.3) is 0 Å². The van der Waals surface area contributed by atoms with E-state index >= 15 is 0 Å². The zero-order valence-corrected chi connectivity index (χ0v) is 35.4. The van der Waals surface area contributed by atoms with E-state index in [1.54, 1.807) is 0 Å². The molecule has 0 saturated carbocycles. The fourth-order valence-corrected chi connectivity index (χ4v) is 6.69. The van der Waals surface area contributed by atoms with Gasteiger partial charge in [-0.05, 0) is 31.1 Å². The van der Waals surface area contributed by atoms with E-state index in [-0.39, 0.29) is 31.1 Å². The first-order valence-corrected chi connectivity index (χ1v) is 22.8. The van der Waals surface area contributed by atoms with Gasteiger partial charge in [-0.25, -0.2) is 0 Å². The predicted octanol–water partition coefficient (Wildman–Crippen LogP) is 14.2. The largest absolute Gasteiger partial charge is 0.462 e. The molecule has 0 aromatic rings. The zero-order valence-electron chi connectivity index (χ0n) is 35.4. The highest BCUT2D eigenvalue weighted by molar-refractivity contribution is 5.71. The average molecular weight is 737 g/mol. The molecular weight excluding hydrogens is 648 g/mol. The fraction of sp³-hybridized carbons (Fsp3) is 0.935.